The molecular formula is C20H21ClFN3O4S. The highest BCUT2D eigenvalue weighted by atomic mass is 35.5. The molecule has 10 heteroatoms. The minimum Gasteiger partial charge on any atom is -0.366 e. The first-order valence-electron chi connectivity index (χ1n) is 9.18. The number of benzene rings is 2. The van der Waals surface area contributed by atoms with Gasteiger partial charge in [0.2, 0.25) is 10.0 Å². The lowest BCUT2D eigenvalue weighted by molar-refractivity contribution is 0.0745. The van der Waals surface area contributed by atoms with Crippen LogP contribution in [-0.2, 0) is 15.9 Å². The monoisotopic (exact) mass is 453 g/mol. The lowest BCUT2D eigenvalue weighted by atomic mass is 10.1. The van der Waals surface area contributed by atoms with E-state index >= 15 is 0 Å². The van der Waals surface area contributed by atoms with E-state index in [1.165, 1.54) is 31.2 Å². The topological polar surface area (TPSA) is 101 Å². The van der Waals surface area contributed by atoms with Gasteiger partial charge in [-0.15, -0.1) is 11.6 Å². The lowest BCUT2D eigenvalue weighted by Gasteiger charge is -2.36. The van der Waals surface area contributed by atoms with E-state index < -0.39 is 15.8 Å². The predicted octanol–water partition coefficient (Wildman–Crippen LogP) is 2.38. The second-order valence-corrected chi connectivity index (χ2v) is 8.83. The van der Waals surface area contributed by atoms with E-state index in [9.17, 15) is 22.4 Å². The van der Waals surface area contributed by atoms with Crippen LogP contribution in [0.4, 0.5) is 10.1 Å². The van der Waals surface area contributed by atoms with E-state index in [1.807, 2.05) is 0 Å². The summed E-state index contributed by atoms with van der Waals surface area (Å²) in [4.78, 5) is 27.6. The van der Waals surface area contributed by atoms with Crippen molar-refractivity contribution < 1.29 is 22.4 Å². The van der Waals surface area contributed by atoms with Crippen molar-refractivity contribution in [2.45, 2.75) is 17.7 Å². The van der Waals surface area contributed by atoms with Gasteiger partial charge in [0.05, 0.1) is 10.6 Å². The van der Waals surface area contributed by atoms with E-state index in [-0.39, 0.29) is 28.0 Å². The Bertz CT molecular complexity index is 1100. The number of carbonyl (C=O) groups excluding carboxylic acids is 2. The number of nitrogens with two attached hydrogens (primary N) is 1. The summed E-state index contributed by atoms with van der Waals surface area (Å²) in [7, 11) is -3.96. The Morgan fingerprint density at radius 1 is 1.10 bits per heavy atom. The van der Waals surface area contributed by atoms with Gasteiger partial charge in [0.1, 0.15) is 5.82 Å². The van der Waals surface area contributed by atoms with Gasteiger partial charge in [-0.25, -0.2) is 17.9 Å². The van der Waals surface area contributed by atoms with Crippen molar-refractivity contribution in [1.82, 2.24) is 4.90 Å². The van der Waals surface area contributed by atoms with E-state index in [2.05, 4.69) is 0 Å². The summed E-state index contributed by atoms with van der Waals surface area (Å²) >= 11 is 5.91. The maximum Gasteiger partial charge on any atom is 0.254 e. The molecule has 0 atom stereocenters. The number of hydrogen-bond acceptors (Lipinski definition) is 5. The van der Waals surface area contributed by atoms with Crippen LogP contribution >= 0.6 is 11.6 Å². The molecule has 0 radical (unpaired) electrons. The quantitative estimate of drug-likeness (QED) is 0.553. The van der Waals surface area contributed by atoms with Gasteiger partial charge < -0.3 is 9.80 Å². The summed E-state index contributed by atoms with van der Waals surface area (Å²) in [6.45, 7) is 2.77. The minimum absolute atomic E-state index is 0.0413. The fourth-order valence-electron chi connectivity index (χ4n) is 3.35. The third-order valence-corrected chi connectivity index (χ3v) is 6.24. The first-order chi connectivity index (χ1) is 14.1. The molecule has 2 N–H and O–H groups in total. The first-order valence-corrected chi connectivity index (χ1v) is 11.3. The van der Waals surface area contributed by atoms with Crippen LogP contribution in [0.1, 0.15) is 33.2 Å². The van der Waals surface area contributed by atoms with Crippen LogP contribution in [0.25, 0.3) is 0 Å². The van der Waals surface area contributed by atoms with Crippen LogP contribution < -0.4 is 10.0 Å². The standard InChI is InChI=1S/C20H21ClFN3O4S/c1-13(26)14-3-5-19(18(22)10-14)24-6-8-25(9-7-24)20(27)17-11-16(30(23,28)29)4-2-15(17)12-21/h2-5,10-11H,6-9,12H2,1H3,(H2,23,28,29). The van der Waals surface area contributed by atoms with Crippen LogP contribution in [0.3, 0.4) is 0 Å². The highest BCUT2D eigenvalue weighted by Gasteiger charge is 2.26. The Kier molecular flexibility index (Phi) is 6.44. The number of anilines is 1. The van der Waals surface area contributed by atoms with E-state index in [0.29, 0.717) is 43.0 Å². The Morgan fingerprint density at radius 2 is 1.77 bits per heavy atom. The van der Waals surface area contributed by atoms with Gasteiger partial charge in [-0.3, -0.25) is 9.59 Å². The Hall–Kier alpha value is -2.49. The largest absolute Gasteiger partial charge is 0.366 e. The third-order valence-electron chi connectivity index (χ3n) is 5.05. The predicted molar refractivity (Wildman–Crippen MR) is 112 cm³/mol. The molecule has 7 nitrogen and oxygen atoms in total. The number of nitrogens with zero attached hydrogens (tertiary/aromatic N) is 2. The first kappa shape index (κ1) is 22.2. The van der Waals surface area contributed by atoms with Crippen molar-refractivity contribution in [3.05, 3.63) is 58.9 Å². The number of hydrogen-bond donors (Lipinski definition) is 1. The molecule has 1 fully saturated rings. The highest BCUT2D eigenvalue weighted by molar-refractivity contribution is 7.89. The maximum atomic E-state index is 14.4. The Labute approximate surface area is 179 Å². The summed E-state index contributed by atoms with van der Waals surface area (Å²) in [5, 5.41) is 5.17. The summed E-state index contributed by atoms with van der Waals surface area (Å²) in [5.74, 6) is -1.02. The molecule has 1 heterocycles. The number of sulfonamides is 1. The van der Waals surface area contributed by atoms with Gasteiger partial charge in [0.25, 0.3) is 5.91 Å². The van der Waals surface area contributed by atoms with Crippen molar-refractivity contribution in [2.24, 2.45) is 5.14 Å². The zero-order valence-electron chi connectivity index (χ0n) is 16.3. The van der Waals surface area contributed by atoms with Crippen molar-refractivity contribution in [1.29, 1.82) is 0 Å². The molecule has 1 amide bonds. The molecule has 30 heavy (non-hydrogen) atoms. The molecule has 1 saturated heterocycles. The molecule has 160 valence electrons. The van der Waals surface area contributed by atoms with Gasteiger partial charge in [-0.2, -0.15) is 0 Å². The zero-order chi connectivity index (χ0) is 22.1. The van der Waals surface area contributed by atoms with Crippen molar-refractivity contribution in [2.75, 3.05) is 31.1 Å². The SMILES string of the molecule is CC(=O)c1ccc(N2CCN(C(=O)c3cc(S(N)(=O)=O)ccc3CCl)CC2)c(F)c1. The van der Waals surface area contributed by atoms with Gasteiger partial charge in [0, 0.05) is 43.2 Å². The van der Waals surface area contributed by atoms with Gasteiger partial charge in [-0.05, 0) is 42.8 Å². The fraction of sp³-hybridized carbons (Fsp3) is 0.300. The fourth-order valence-corrected chi connectivity index (χ4v) is 4.12. The molecule has 3 rings (SSSR count). The van der Waals surface area contributed by atoms with Gasteiger partial charge in [0.15, 0.2) is 5.78 Å². The molecule has 0 aliphatic carbocycles. The molecule has 0 spiro atoms. The number of rotatable bonds is 5. The minimum atomic E-state index is -3.96. The van der Waals surface area contributed by atoms with Crippen LogP contribution in [-0.4, -0.2) is 51.2 Å². The van der Waals surface area contributed by atoms with Crippen LogP contribution in [0.5, 0.6) is 0 Å². The number of piperazine rings is 1. The zero-order valence-corrected chi connectivity index (χ0v) is 17.8. The van der Waals surface area contributed by atoms with Gasteiger partial charge in [-0.1, -0.05) is 6.07 Å². The average molecular weight is 454 g/mol. The van der Waals surface area contributed by atoms with Crippen molar-refractivity contribution in [3.63, 3.8) is 0 Å². The second-order valence-electron chi connectivity index (χ2n) is 7.00. The number of primary sulfonamides is 1. The number of ketones is 1. The highest BCUT2D eigenvalue weighted by Crippen LogP contribution is 2.24. The van der Waals surface area contributed by atoms with Crippen molar-refractivity contribution in [3.8, 4) is 0 Å². The van der Waals surface area contributed by atoms with Crippen LogP contribution in [0.15, 0.2) is 41.3 Å². The molecule has 2 aromatic carbocycles. The van der Waals surface area contributed by atoms with Gasteiger partial charge >= 0.3 is 0 Å². The smallest absolute Gasteiger partial charge is 0.254 e. The van der Waals surface area contributed by atoms with E-state index in [4.69, 9.17) is 16.7 Å². The van der Waals surface area contributed by atoms with Crippen LogP contribution in [0.2, 0.25) is 0 Å². The molecule has 0 saturated carbocycles. The van der Waals surface area contributed by atoms with Crippen molar-refractivity contribution >= 4 is 39.0 Å². The molecule has 0 aromatic heterocycles. The Morgan fingerprint density at radius 3 is 2.30 bits per heavy atom. The molecule has 0 bridgehead atoms. The number of halogens is 2. The molecule has 2 aromatic rings. The summed E-state index contributed by atoms with van der Waals surface area (Å²) in [5.41, 5.74) is 1.35. The summed E-state index contributed by atoms with van der Waals surface area (Å²) in [6, 6.07) is 8.37. The Balaban J connectivity index is 1.77. The summed E-state index contributed by atoms with van der Waals surface area (Å²) < 4.78 is 37.7. The van der Waals surface area contributed by atoms with E-state index in [0.717, 1.165) is 0 Å². The number of alkyl halides is 1. The average Bonchev–Trinajstić information content (AvgIpc) is 2.72. The molecule has 1 aliphatic rings. The second kappa shape index (κ2) is 8.71. The molecule has 0 unspecified atom stereocenters. The molecule has 1 aliphatic heterocycles. The normalized spacial score (nSPS) is 14.7. The molecular weight excluding hydrogens is 433 g/mol. The number of amides is 1. The number of carbonyl (C=O) groups is 2. The van der Waals surface area contributed by atoms with E-state index in [1.54, 1.807) is 21.9 Å². The summed E-state index contributed by atoms with van der Waals surface area (Å²) in [6.07, 6.45) is 0. The third kappa shape index (κ3) is 4.63. The maximum absolute atomic E-state index is 14.4. The lowest BCUT2D eigenvalue weighted by Crippen LogP contribution is -2.49. The van der Waals surface area contributed by atoms with Crippen LogP contribution in [0, 0.1) is 5.82 Å². The number of Topliss-reactive ketones (excluding diaryl/α,β-unsaturated/α-hetero) is 1.